The minimum atomic E-state index is -5.00. The van der Waals surface area contributed by atoms with Gasteiger partial charge in [-0.05, 0) is 154 Å². The lowest BCUT2D eigenvalue weighted by Crippen LogP contribution is -2.30. The van der Waals surface area contributed by atoms with E-state index in [0.717, 1.165) is 141 Å². The van der Waals surface area contributed by atoms with Gasteiger partial charge in [0.05, 0.1) is 26.4 Å². The molecule has 0 saturated carbocycles. The highest BCUT2D eigenvalue weighted by atomic mass is 31.2. The van der Waals surface area contributed by atoms with Crippen LogP contribution in [-0.4, -0.2) is 96.7 Å². The lowest BCUT2D eigenvalue weighted by Gasteiger charge is -2.21. The molecule has 0 fully saturated rings. The van der Waals surface area contributed by atoms with Gasteiger partial charge in [0, 0.05) is 25.7 Å². The smallest absolute Gasteiger partial charge is 0.462 e. The van der Waals surface area contributed by atoms with E-state index in [2.05, 4.69) is 125 Å². The number of carbonyl (C=O) groups is 4. The molecule has 0 rings (SSSR count). The van der Waals surface area contributed by atoms with Crippen LogP contribution < -0.4 is 0 Å². The number of phosphoric ester groups is 2. The Morgan fingerprint density at radius 1 is 0.269 bits per heavy atom. The molecule has 3 N–H and O–H groups in total. The lowest BCUT2D eigenvalue weighted by molar-refractivity contribution is -0.161. The van der Waals surface area contributed by atoms with Gasteiger partial charge in [-0.2, -0.15) is 0 Å². The number of hydrogen-bond acceptors (Lipinski definition) is 15. The molecule has 0 aromatic rings. The van der Waals surface area contributed by atoms with Crippen molar-refractivity contribution in [2.45, 2.75) is 354 Å². The molecule has 598 valence electrons. The summed E-state index contributed by atoms with van der Waals surface area (Å²) in [5.41, 5.74) is 0. The van der Waals surface area contributed by atoms with E-state index in [4.69, 9.17) is 37.0 Å². The Labute approximate surface area is 632 Å². The normalized spacial score (nSPS) is 14.5. The molecule has 2 unspecified atom stereocenters. The number of allylic oxidation sites excluding steroid dienone is 20. The van der Waals surface area contributed by atoms with Gasteiger partial charge in [0.1, 0.15) is 19.3 Å². The molecule has 0 heterocycles. The molecule has 0 saturated heterocycles. The fourth-order valence-electron chi connectivity index (χ4n) is 10.6. The minimum absolute atomic E-state index is 0.0159. The van der Waals surface area contributed by atoms with Crippen LogP contribution in [0, 0.1) is 0 Å². The number of aliphatic hydroxyl groups excluding tert-OH is 1. The van der Waals surface area contributed by atoms with Crippen LogP contribution in [0.4, 0.5) is 0 Å². The first-order chi connectivity index (χ1) is 50.7. The van der Waals surface area contributed by atoms with Crippen LogP contribution in [0.15, 0.2) is 122 Å². The molecule has 104 heavy (non-hydrogen) atoms. The van der Waals surface area contributed by atoms with Crippen LogP contribution in [0.1, 0.15) is 336 Å². The Hall–Kier alpha value is -4.54. The lowest BCUT2D eigenvalue weighted by atomic mass is 10.1. The van der Waals surface area contributed by atoms with Crippen molar-refractivity contribution in [2.24, 2.45) is 0 Å². The Kier molecular flexibility index (Phi) is 73.3. The predicted molar refractivity (Wildman–Crippen MR) is 427 cm³/mol. The monoisotopic (exact) mass is 1500 g/mol. The molecular weight excluding hydrogens is 1350 g/mol. The Morgan fingerprint density at radius 2 is 0.481 bits per heavy atom. The van der Waals surface area contributed by atoms with Gasteiger partial charge in [-0.1, -0.05) is 278 Å². The van der Waals surface area contributed by atoms with E-state index in [1.165, 1.54) is 103 Å². The zero-order valence-electron chi connectivity index (χ0n) is 65.4. The third kappa shape index (κ3) is 75.7. The minimum Gasteiger partial charge on any atom is -0.462 e. The van der Waals surface area contributed by atoms with Crippen molar-refractivity contribution in [1.29, 1.82) is 0 Å². The van der Waals surface area contributed by atoms with E-state index in [9.17, 15) is 43.2 Å². The predicted octanol–water partition coefficient (Wildman–Crippen LogP) is 23.9. The van der Waals surface area contributed by atoms with E-state index >= 15 is 0 Å². The number of unbranched alkanes of at least 4 members (excludes halogenated alkanes) is 30. The van der Waals surface area contributed by atoms with Crippen LogP contribution in [0.2, 0.25) is 0 Å². The molecule has 0 aromatic heterocycles. The summed E-state index contributed by atoms with van der Waals surface area (Å²) in [4.78, 5) is 73.0. The van der Waals surface area contributed by atoms with Crippen LogP contribution in [0.3, 0.4) is 0 Å². The van der Waals surface area contributed by atoms with Crippen LogP contribution in [0.5, 0.6) is 0 Å². The van der Waals surface area contributed by atoms with Crippen LogP contribution in [0.25, 0.3) is 0 Å². The van der Waals surface area contributed by atoms with Crippen LogP contribution >= 0.6 is 15.6 Å². The van der Waals surface area contributed by atoms with Crippen molar-refractivity contribution < 1.29 is 80.2 Å². The quantitative estimate of drug-likeness (QED) is 0.0169. The summed E-state index contributed by atoms with van der Waals surface area (Å²) in [6, 6.07) is 0. The second-order valence-electron chi connectivity index (χ2n) is 27.0. The number of ether oxygens (including phenoxy) is 4. The van der Waals surface area contributed by atoms with Crippen molar-refractivity contribution in [1.82, 2.24) is 0 Å². The molecule has 0 spiro atoms. The van der Waals surface area contributed by atoms with Gasteiger partial charge in [-0.3, -0.25) is 37.3 Å². The van der Waals surface area contributed by atoms with Gasteiger partial charge in [-0.15, -0.1) is 0 Å². The maximum absolute atomic E-state index is 13.1. The first-order valence-electron chi connectivity index (χ1n) is 40.8. The molecule has 5 atom stereocenters. The third-order valence-electron chi connectivity index (χ3n) is 16.9. The number of hydrogen-bond donors (Lipinski definition) is 3. The number of esters is 4. The van der Waals surface area contributed by atoms with Crippen molar-refractivity contribution in [3.8, 4) is 0 Å². The molecule has 0 aliphatic carbocycles. The average molecular weight is 1500 g/mol. The fourth-order valence-corrected chi connectivity index (χ4v) is 12.2. The summed E-state index contributed by atoms with van der Waals surface area (Å²) in [7, 11) is -9.99. The number of aliphatic hydroxyl groups is 1. The first-order valence-corrected chi connectivity index (χ1v) is 43.8. The standard InChI is InChI=1S/C85H146O17P2/c1-5-9-13-17-21-25-29-33-37-39-43-46-50-54-58-62-66-70-83(88)96-76-80(101-84(89)71-67-63-59-55-51-47-42-36-32-28-24-20-16-12-8-4)77-99-103(91,92)97-73-79(86)74-98-104(93,94)100-78-81(75-95-82(87)69-65-61-57-53-49-45-41-35-31-27-23-19-15-11-7-3)102-85(90)72-68-64-60-56-52-48-44-40-38-34-30-26-22-18-14-10-6-2/h21-22,25-28,31-34,37-38,43-44,46,48,54,56,58,60,79-81,86H,5-20,23-24,29-30,35-36,39-42,45,47,49-53,55,57,59,61-78H2,1-4H3,(H,91,92)(H,93,94)/b25-21-,26-22-,31-27-,32-28-,37-33-,38-34-,46-43-,48-44-,58-54-,60-56-/t79-,80-,81-/m1/s1. The number of rotatable bonds is 76. The number of phosphoric acid groups is 2. The van der Waals surface area contributed by atoms with Crippen LogP contribution in [-0.2, 0) is 65.4 Å². The van der Waals surface area contributed by atoms with Crippen molar-refractivity contribution in [2.75, 3.05) is 39.6 Å². The van der Waals surface area contributed by atoms with E-state index in [-0.39, 0.29) is 25.7 Å². The summed E-state index contributed by atoms with van der Waals surface area (Å²) in [5, 5.41) is 10.6. The average Bonchev–Trinajstić information content (AvgIpc) is 0.909. The summed E-state index contributed by atoms with van der Waals surface area (Å²) in [5.74, 6) is -2.31. The summed E-state index contributed by atoms with van der Waals surface area (Å²) >= 11 is 0. The molecule has 0 aromatic carbocycles. The molecule has 0 aliphatic heterocycles. The molecular formula is C85H146O17P2. The topological polar surface area (TPSA) is 237 Å². The summed E-state index contributed by atoms with van der Waals surface area (Å²) in [6.45, 7) is 4.69. The largest absolute Gasteiger partial charge is 0.472 e. The molecule has 19 heteroatoms. The molecule has 0 amide bonds. The van der Waals surface area contributed by atoms with Gasteiger partial charge in [0.2, 0.25) is 0 Å². The van der Waals surface area contributed by atoms with Gasteiger partial charge >= 0.3 is 39.5 Å². The maximum atomic E-state index is 13.1. The van der Waals surface area contributed by atoms with E-state index in [1.54, 1.807) is 0 Å². The van der Waals surface area contributed by atoms with Gasteiger partial charge in [0.15, 0.2) is 12.2 Å². The van der Waals surface area contributed by atoms with E-state index in [1.807, 2.05) is 24.3 Å². The molecule has 17 nitrogen and oxygen atoms in total. The zero-order valence-corrected chi connectivity index (χ0v) is 67.2. The zero-order chi connectivity index (χ0) is 76.0. The summed E-state index contributed by atoms with van der Waals surface area (Å²) in [6.07, 6.45) is 84.7. The van der Waals surface area contributed by atoms with Gasteiger partial charge in [-0.25, -0.2) is 9.13 Å². The second-order valence-corrected chi connectivity index (χ2v) is 29.9. The maximum Gasteiger partial charge on any atom is 0.472 e. The molecule has 0 aliphatic rings. The SMILES string of the molecule is CCCCC/C=C\C/C=C\C/C=C\C/C=C\CCCC(=O)OC[C@H](COP(=O)(O)OC[C@@H](O)COP(=O)(O)OC[C@@H](COC(=O)CCCCCCCCC/C=C\CCCCCC)OC(=O)CCC/C=C\C/C=C\C/C=C\C/C=C\CCCCC)OC(=O)CCCCCCCCC/C=C\CCCCCC. The Morgan fingerprint density at radius 3 is 0.798 bits per heavy atom. The Bertz CT molecular complexity index is 2440. The van der Waals surface area contributed by atoms with Gasteiger partial charge in [0.25, 0.3) is 0 Å². The highest BCUT2D eigenvalue weighted by molar-refractivity contribution is 7.47. The van der Waals surface area contributed by atoms with E-state index < -0.39 is 97.5 Å². The van der Waals surface area contributed by atoms with Gasteiger partial charge < -0.3 is 33.8 Å². The van der Waals surface area contributed by atoms with Crippen molar-refractivity contribution in [3.05, 3.63) is 122 Å². The van der Waals surface area contributed by atoms with E-state index in [0.29, 0.717) is 38.5 Å². The Balaban J connectivity index is 5.46. The molecule has 0 radical (unpaired) electrons. The van der Waals surface area contributed by atoms with Crippen molar-refractivity contribution >= 4 is 39.5 Å². The first kappa shape index (κ1) is 99.5. The highest BCUT2D eigenvalue weighted by Gasteiger charge is 2.30. The number of carbonyl (C=O) groups excluding carboxylic acids is 4. The third-order valence-corrected chi connectivity index (χ3v) is 18.8. The molecule has 0 bridgehead atoms. The van der Waals surface area contributed by atoms with Crippen molar-refractivity contribution in [3.63, 3.8) is 0 Å². The highest BCUT2D eigenvalue weighted by Crippen LogP contribution is 2.45. The second kappa shape index (κ2) is 76.6. The summed E-state index contributed by atoms with van der Waals surface area (Å²) < 4.78 is 68.5. The fraction of sp³-hybridized carbons (Fsp3) is 0.718.